The van der Waals surface area contributed by atoms with Crippen molar-refractivity contribution in [2.24, 2.45) is 0 Å². The summed E-state index contributed by atoms with van der Waals surface area (Å²) in [5, 5.41) is 10.9. The zero-order valence-corrected chi connectivity index (χ0v) is 19.0. The smallest absolute Gasteiger partial charge is 0.270 e. The van der Waals surface area contributed by atoms with Crippen LogP contribution in [0.1, 0.15) is 22.3 Å². The van der Waals surface area contributed by atoms with E-state index in [-0.39, 0.29) is 36.3 Å². The van der Waals surface area contributed by atoms with E-state index >= 15 is 0 Å². The van der Waals surface area contributed by atoms with E-state index in [2.05, 4.69) is 50.0 Å². The fraction of sp³-hybridized carbons (Fsp3) is 0.350. The predicted molar refractivity (Wildman–Crippen MR) is 122 cm³/mol. The number of piperazine rings is 1. The minimum absolute atomic E-state index is 0. The number of nitro benzene ring substituents is 1. The Morgan fingerprint density at radius 2 is 1.62 bits per heavy atom. The van der Waals surface area contributed by atoms with E-state index in [4.69, 9.17) is 0 Å². The van der Waals surface area contributed by atoms with Crippen LogP contribution in [0, 0.1) is 10.1 Å². The van der Waals surface area contributed by atoms with Gasteiger partial charge in [-0.05, 0) is 11.6 Å². The summed E-state index contributed by atoms with van der Waals surface area (Å²) in [6, 6.07) is 14.7. The number of ketones is 1. The monoisotopic (exact) mass is 503 g/mol. The van der Waals surface area contributed by atoms with Crippen molar-refractivity contribution in [2.75, 3.05) is 32.7 Å². The van der Waals surface area contributed by atoms with Crippen LogP contribution in [-0.2, 0) is 6.54 Å². The summed E-state index contributed by atoms with van der Waals surface area (Å²) in [4.78, 5) is 27.6. The second-order valence-corrected chi connectivity index (χ2v) is 7.55. The summed E-state index contributed by atoms with van der Waals surface area (Å²) in [5.74, 6) is -0.0720. The molecule has 0 saturated carbocycles. The molecule has 1 aliphatic rings. The Bertz CT molecular complexity index is 816. The number of non-ortho nitro benzene ring substituents is 1. The number of carbonyl (C=O) groups is 1. The van der Waals surface area contributed by atoms with Crippen LogP contribution >= 0.6 is 40.7 Å². The van der Waals surface area contributed by atoms with Gasteiger partial charge in [0.1, 0.15) is 0 Å². The molecule has 1 aliphatic heterocycles. The normalized spacial score (nSPS) is 14.5. The van der Waals surface area contributed by atoms with Gasteiger partial charge in [0.2, 0.25) is 0 Å². The van der Waals surface area contributed by atoms with Crippen molar-refractivity contribution in [3.8, 4) is 0 Å². The molecule has 1 fully saturated rings. The number of halogens is 3. The van der Waals surface area contributed by atoms with E-state index < -0.39 is 4.92 Å². The van der Waals surface area contributed by atoms with E-state index in [1.54, 1.807) is 6.07 Å². The largest absolute Gasteiger partial charge is 0.300 e. The molecule has 0 aliphatic carbocycles. The molecule has 0 spiro atoms. The first kappa shape index (κ1) is 25.5. The Balaban J connectivity index is 0.00000210. The quantitative estimate of drug-likeness (QED) is 0.313. The number of nitrogens with zero attached hydrogens (tertiary/aromatic N) is 3. The summed E-state index contributed by atoms with van der Waals surface area (Å²) in [5.41, 5.74) is 1.64. The molecule has 0 amide bonds. The number of carbonyl (C=O) groups excluding carboxylic acids is 1. The summed E-state index contributed by atoms with van der Waals surface area (Å²) in [6.07, 6.45) is 0.360. The van der Waals surface area contributed by atoms with E-state index in [0.29, 0.717) is 23.0 Å². The molecule has 6 nitrogen and oxygen atoms in total. The zero-order chi connectivity index (χ0) is 19.2. The van der Waals surface area contributed by atoms with Gasteiger partial charge < -0.3 is 4.90 Å². The van der Waals surface area contributed by atoms with Gasteiger partial charge in [0.15, 0.2) is 5.78 Å². The second kappa shape index (κ2) is 12.2. The molecule has 0 unspecified atom stereocenters. The summed E-state index contributed by atoms with van der Waals surface area (Å²) < 4.78 is 0.603. The Labute approximate surface area is 191 Å². The first-order chi connectivity index (χ1) is 13.0. The zero-order valence-electron chi connectivity index (χ0n) is 15.8. The van der Waals surface area contributed by atoms with Crippen LogP contribution < -0.4 is 0 Å². The van der Waals surface area contributed by atoms with E-state index in [0.717, 1.165) is 32.7 Å². The Morgan fingerprint density at radius 1 is 1.00 bits per heavy atom. The summed E-state index contributed by atoms with van der Waals surface area (Å²) in [6.45, 7) is 5.43. The van der Waals surface area contributed by atoms with Crippen LogP contribution in [0.25, 0.3) is 0 Å². The molecule has 1 saturated heterocycles. The van der Waals surface area contributed by atoms with Crippen molar-refractivity contribution in [3.63, 3.8) is 0 Å². The van der Waals surface area contributed by atoms with Gasteiger partial charge in [0.25, 0.3) is 5.69 Å². The number of hydrogen-bond acceptors (Lipinski definition) is 5. The van der Waals surface area contributed by atoms with Crippen molar-refractivity contribution >= 4 is 52.2 Å². The topological polar surface area (TPSA) is 66.7 Å². The molecule has 0 atom stereocenters. The van der Waals surface area contributed by atoms with Crippen LogP contribution in [0.15, 0.2) is 53.0 Å². The van der Waals surface area contributed by atoms with Crippen molar-refractivity contribution in [1.82, 2.24) is 9.80 Å². The van der Waals surface area contributed by atoms with Gasteiger partial charge in [-0.2, -0.15) is 0 Å². The molecule has 0 aromatic heterocycles. The Morgan fingerprint density at radius 3 is 2.24 bits per heavy atom. The van der Waals surface area contributed by atoms with Gasteiger partial charge in [-0.1, -0.05) is 46.3 Å². The standard InChI is InChI=1S/C20H22BrN3O3.2ClH/c21-19-7-6-17(24(26)27)14-18(19)20(25)8-9-22-10-12-23(13-11-22)15-16-4-2-1-3-5-16;;/h1-7,14H,8-13,15H2;2*1H. The molecule has 2 aromatic rings. The van der Waals surface area contributed by atoms with Crippen molar-refractivity contribution in [2.45, 2.75) is 13.0 Å². The van der Waals surface area contributed by atoms with Crippen LogP contribution in [0.4, 0.5) is 5.69 Å². The van der Waals surface area contributed by atoms with E-state index in [1.165, 1.54) is 17.7 Å². The van der Waals surface area contributed by atoms with Crippen LogP contribution in [0.2, 0.25) is 0 Å². The van der Waals surface area contributed by atoms with Crippen LogP contribution in [-0.4, -0.2) is 53.2 Å². The molecule has 29 heavy (non-hydrogen) atoms. The maximum atomic E-state index is 12.5. The highest BCUT2D eigenvalue weighted by Gasteiger charge is 2.20. The summed E-state index contributed by atoms with van der Waals surface area (Å²) in [7, 11) is 0. The predicted octanol–water partition coefficient (Wildman–Crippen LogP) is 4.59. The molecular weight excluding hydrogens is 481 g/mol. The first-order valence-electron chi connectivity index (χ1n) is 8.99. The molecule has 0 radical (unpaired) electrons. The third kappa shape index (κ3) is 7.35. The second-order valence-electron chi connectivity index (χ2n) is 6.70. The van der Waals surface area contributed by atoms with Crippen LogP contribution in [0.5, 0.6) is 0 Å². The summed E-state index contributed by atoms with van der Waals surface area (Å²) >= 11 is 3.32. The van der Waals surface area contributed by atoms with Gasteiger partial charge in [0, 0.05) is 67.9 Å². The lowest BCUT2D eigenvalue weighted by Gasteiger charge is -2.34. The number of Topliss-reactive ketones (excluding diaryl/α,β-unsaturated/α-hetero) is 1. The fourth-order valence-electron chi connectivity index (χ4n) is 3.25. The SMILES string of the molecule is Cl.Cl.O=C(CCN1CCN(Cc2ccccc2)CC1)c1cc([N+](=O)[O-])ccc1Br. The van der Waals surface area contributed by atoms with Gasteiger partial charge in [0.05, 0.1) is 4.92 Å². The molecule has 0 bridgehead atoms. The van der Waals surface area contributed by atoms with E-state index in [1.807, 2.05) is 6.07 Å². The lowest BCUT2D eigenvalue weighted by molar-refractivity contribution is -0.384. The van der Waals surface area contributed by atoms with Crippen molar-refractivity contribution in [3.05, 3.63) is 74.2 Å². The van der Waals surface area contributed by atoms with Gasteiger partial charge in [-0.3, -0.25) is 19.8 Å². The Hall–Kier alpha value is -1.51. The Kier molecular flexibility index (Phi) is 10.8. The molecular formula is C20H24BrCl2N3O3. The van der Waals surface area contributed by atoms with Gasteiger partial charge >= 0.3 is 0 Å². The van der Waals surface area contributed by atoms with Gasteiger partial charge in [-0.25, -0.2) is 0 Å². The highest BCUT2D eigenvalue weighted by atomic mass is 79.9. The average molecular weight is 505 g/mol. The lowest BCUT2D eigenvalue weighted by atomic mass is 10.1. The fourth-order valence-corrected chi connectivity index (χ4v) is 3.72. The highest BCUT2D eigenvalue weighted by molar-refractivity contribution is 9.10. The molecule has 1 heterocycles. The van der Waals surface area contributed by atoms with E-state index in [9.17, 15) is 14.9 Å². The number of nitro groups is 1. The average Bonchev–Trinajstić information content (AvgIpc) is 2.68. The third-order valence-corrected chi connectivity index (χ3v) is 5.52. The molecule has 3 rings (SSSR count). The maximum Gasteiger partial charge on any atom is 0.270 e. The highest BCUT2D eigenvalue weighted by Crippen LogP contribution is 2.24. The first-order valence-corrected chi connectivity index (χ1v) is 9.78. The van der Waals surface area contributed by atoms with Gasteiger partial charge in [-0.15, -0.1) is 24.8 Å². The van der Waals surface area contributed by atoms with Crippen molar-refractivity contribution in [1.29, 1.82) is 0 Å². The maximum absolute atomic E-state index is 12.5. The van der Waals surface area contributed by atoms with Crippen molar-refractivity contribution < 1.29 is 9.72 Å². The lowest BCUT2D eigenvalue weighted by Crippen LogP contribution is -2.46. The molecule has 0 N–H and O–H groups in total. The molecule has 9 heteroatoms. The minimum Gasteiger partial charge on any atom is -0.300 e. The minimum atomic E-state index is -0.477. The molecule has 158 valence electrons. The molecule has 2 aromatic carbocycles. The number of benzene rings is 2. The van der Waals surface area contributed by atoms with Crippen LogP contribution in [0.3, 0.4) is 0 Å². The number of rotatable bonds is 7. The number of hydrogen-bond donors (Lipinski definition) is 0. The third-order valence-electron chi connectivity index (χ3n) is 4.83.